The molecule has 5 heteroatoms. The van der Waals surface area contributed by atoms with Crippen LogP contribution in [0.3, 0.4) is 0 Å². The molecule has 0 saturated heterocycles. The van der Waals surface area contributed by atoms with E-state index in [0.29, 0.717) is 17.9 Å². The minimum absolute atomic E-state index is 0.0887. The van der Waals surface area contributed by atoms with Crippen molar-refractivity contribution in [2.45, 2.75) is 6.54 Å². The van der Waals surface area contributed by atoms with Gasteiger partial charge in [-0.05, 0) is 23.8 Å². The third-order valence-electron chi connectivity index (χ3n) is 2.61. The molecule has 0 atom stereocenters. The summed E-state index contributed by atoms with van der Waals surface area (Å²) in [6, 6.07) is 8.63. The van der Waals surface area contributed by atoms with Gasteiger partial charge < -0.3 is 9.88 Å². The van der Waals surface area contributed by atoms with Crippen LogP contribution in [0.5, 0.6) is 0 Å². The van der Waals surface area contributed by atoms with Crippen LogP contribution in [0.4, 0.5) is 10.1 Å². The van der Waals surface area contributed by atoms with Crippen LogP contribution in [0.25, 0.3) is 0 Å². The van der Waals surface area contributed by atoms with Gasteiger partial charge >= 0.3 is 0 Å². The number of nitrogens with zero attached hydrogens (tertiary/aromatic N) is 2. The molecule has 1 heterocycles. The molecule has 0 spiro atoms. The number of hydrogen-bond acceptors (Lipinski definition) is 2. The highest BCUT2D eigenvalue weighted by atomic mass is 35.5. The second kappa shape index (κ2) is 5.11. The second-order valence-corrected chi connectivity index (χ2v) is 4.32. The molecule has 3 nitrogen and oxygen atoms in total. The molecule has 0 radical (unpaired) electrons. The van der Waals surface area contributed by atoms with Gasteiger partial charge in [0.05, 0.1) is 10.7 Å². The molecule has 0 aliphatic carbocycles. The number of nitriles is 1. The van der Waals surface area contributed by atoms with Gasteiger partial charge in [-0.3, -0.25) is 0 Å². The van der Waals surface area contributed by atoms with Crippen molar-refractivity contribution in [3.05, 3.63) is 52.6 Å². The van der Waals surface area contributed by atoms with Crippen LogP contribution < -0.4 is 5.32 Å². The normalized spacial score (nSPS) is 10.1. The molecule has 0 amide bonds. The van der Waals surface area contributed by atoms with Crippen LogP contribution >= 0.6 is 11.6 Å². The van der Waals surface area contributed by atoms with Gasteiger partial charge in [0.1, 0.15) is 11.8 Å². The summed E-state index contributed by atoms with van der Waals surface area (Å²) >= 11 is 5.69. The highest BCUT2D eigenvalue weighted by molar-refractivity contribution is 6.31. The highest BCUT2D eigenvalue weighted by Gasteiger charge is 2.07. The largest absolute Gasteiger partial charge is 0.378 e. The molecule has 0 fully saturated rings. The van der Waals surface area contributed by atoms with E-state index in [1.807, 2.05) is 6.20 Å². The van der Waals surface area contributed by atoms with Gasteiger partial charge in [0, 0.05) is 19.8 Å². The van der Waals surface area contributed by atoms with Gasteiger partial charge in [-0.1, -0.05) is 17.7 Å². The second-order valence-electron chi connectivity index (χ2n) is 3.91. The lowest BCUT2D eigenvalue weighted by Gasteiger charge is -2.06. The molecule has 92 valence electrons. The predicted octanol–water partition coefficient (Wildman–Crippen LogP) is 3.30. The van der Waals surface area contributed by atoms with E-state index in [1.54, 1.807) is 29.8 Å². The maximum Gasteiger partial charge on any atom is 0.164 e. The number of rotatable bonds is 3. The lowest BCUT2D eigenvalue weighted by atomic mass is 10.2. The Labute approximate surface area is 109 Å². The number of hydrogen-bond donors (Lipinski definition) is 1. The van der Waals surface area contributed by atoms with Crippen LogP contribution in [0.1, 0.15) is 11.3 Å². The Morgan fingerprint density at radius 3 is 2.94 bits per heavy atom. The molecule has 0 aliphatic heterocycles. The standard InChI is InChI=1S/C13H11ClFN3/c1-18-8-9(5-10(18)6-16)7-17-12-4-2-3-11(14)13(12)15/h2-5,8,17H,7H2,1H3. The zero-order valence-corrected chi connectivity index (χ0v) is 10.5. The highest BCUT2D eigenvalue weighted by Crippen LogP contribution is 2.22. The fourth-order valence-electron chi connectivity index (χ4n) is 1.68. The molecule has 0 aliphatic rings. The van der Waals surface area contributed by atoms with Crippen molar-refractivity contribution >= 4 is 17.3 Å². The Bertz CT molecular complexity index is 613. The molecule has 18 heavy (non-hydrogen) atoms. The summed E-state index contributed by atoms with van der Waals surface area (Å²) in [6.45, 7) is 0.437. The number of aromatic nitrogens is 1. The zero-order valence-electron chi connectivity index (χ0n) is 9.74. The van der Waals surface area contributed by atoms with E-state index in [9.17, 15) is 4.39 Å². The van der Waals surface area contributed by atoms with Crippen LogP contribution in [-0.4, -0.2) is 4.57 Å². The van der Waals surface area contributed by atoms with Crippen molar-refractivity contribution in [1.82, 2.24) is 4.57 Å². The molecule has 0 unspecified atom stereocenters. The maximum atomic E-state index is 13.6. The van der Waals surface area contributed by atoms with E-state index < -0.39 is 5.82 Å². The molecular formula is C13H11ClFN3. The molecule has 1 N–H and O–H groups in total. The van der Waals surface area contributed by atoms with Gasteiger partial charge in [0.25, 0.3) is 0 Å². The van der Waals surface area contributed by atoms with E-state index in [-0.39, 0.29) is 5.02 Å². The van der Waals surface area contributed by atoms with Crippen molar-refractivity contribution < 1.29 is 4.39 Å². The first-order valence-electron chi connectivity index (χ1n) is 5.35. The Kier molecular flexibility index (Phi) is 3.54. The van der Waals surface area contributed by atoms with Crippen molar-refractivity contribution in [3.8, 4) is 6.07 Å². The molecule has 1 aromatic heterocycles. The topological polar surface area (TPSA) is 40.8 Å². The number of nitrogens with one attached hydrogen (secondary N) is 1. The SMILES string of the molecule is Cn1cc(CNc2cccc(Cl)c2F)cc1C#N. The summed E-state index contributed by atoms with van der Waals surface area (Å²) in [7, 11) is 1.79. The van der Waals surface area contributed by atoms with E-state index >= 15 is 0 Å². The molecule has 2 rings (SSSR count). The fourth-order valence-corrected chi connectivity index (χ4v) is 1.85. The summed E-state index contributed by atoms with van der Waals surface area (Å²) in [5, 5.41) is 11.9. The average molecular weight is 264 g/mol. The lowest BCUT2D eigenvalue weighted by Crippen LogP contribution is -2.00. The van der Waals surface area contributed by atoms with Crippen LogP contribution in [0.15, 0.2) is 30.5 Å². The Morgan fingerprint density at radius 1 is 1.50 bits per heavy atom. The monoisotopic (exact) mass is 263 g/mol. The van der Waals surface area contributed by atoms with E-state index in [0.717, 1.165) is 5.56 Å². The molecule has 0 saturated carbocycles. The number of benzene rings is 1. The van der Waals surface area contributed by atoms with Gasteiger partial charge in [0.15, 0.2) is 5.82 Å². The first kappa shape index (κ1) is 12.5. The van der Waals surface area contributed by atoms with E-state index in [2.05, 4.69) is 11.4 Å². The lowest BCUT2D eigenvalue weighted by molar-refractivity contribution is 0.630. The minimum Gasteiger partial charge on any atom is -0.378 e. The van der Waals surface area contributed by atoms with Gasteiger partial charge in [0.2, 0.25) is 0 Å². The van der Waals surface area contributed by atoms with Gasteiger partial charge in [-0.2, -0.15) is 5.26 Å². The van der Waals surface area contributed by atoms with Crippen molar-refractivity contribution in [2.75, 3.05) is 5.32 Å². The quantitative estimate of drug-likeness (QED) is 0.923. The summed E-state index contributed by atoms with van der Waals surface area (Å²) < 4.78 is 15.3. The Morgan fingerprint density at radius 2 is 2.28 bits per heavy atom. The van der Waals surface area contributed by atoms with Crippen molar-refractivity contribution in [2.24, 2.45) is 7.05 Å². The summed E-state index contributed by atoms with van der Waals surface area (Å²) in [4.78, 5) is 0. The van der Waals surface area contributed by atoms with Crippen LogP contribution in [0.2, 0.25) is 5.02 Å². The summed E-state index contributed by atoms with van der Waals surface area (Å²) in [5.41, 5.74) is 1.83. The third-order valence-corrected chi connectivity index (χ3v) is 2.90. The molecular weight excluding hydrogens is 253 g/mol. The third kappa shape index (κ3) is 2.47. The van der Waals surface area contributed by atoms with Gasteiger partial charge in [-0.25, -0.2) is 4.39 Å². The Balaban J connectivity index is 2.12. The number of aryl methyl sites for hydroxylation is 1. The van der Waals surface area contributed by atoms with Crippen molar-refractivity contribution in [3.63, 3.8) is 0 Å². The summed E-state index contributed by atoms with van der Waals surface area (Å²) in [6.07, 6.45) is 1.83. The average Bonchev–Trinajstić information content (AvgIpc) is 2.72. The van der Waals surface area contributed by atoms with Crippen LogP contribution in [0, 0.1) is 17.1 Å². The van der Waals surface area contributed by atoms with E-state index in [1.165, 1.54) is 6.07 Å². The summed E-state index contributed by atoms with van der Waals surface area (Å²) in [5.74, 6) is -0.462. The minimum atomic E-state index is -0.462. The van der Waals surface area contributed by atoms with E-state index in [4.69, 9.17) is 16.9 Å². The fraction of sp³-hybridized carbons (Fsp3) is 0.154. The van der Waals surface area contributed by atoms with Gasteiger partial charge in [-0.15, -0.1) is 0 Å². The number of halogens is 2. The first-order valence-corrected chi connectivity index (χ1v) is 5.73. The first-order chi connectivity index (χ1) is 8.61. The Hall–Kier alpha value is -1.99. The smallest absolute Gasteiger partial charge is 0.164 e. The number of anilines is 1. The van der Waals surface area contributed by atoms with Crippen LogP contribution in [-0.2, 0) is 13.6 Å². The molecule has 1 aromatic carbocycles. The van der Waals surface area contributed by atoms with Crippen molar-refractivity contribution in [1.29, 1.82) is 5.26 Å². The predicted molar refractivity (Wildman–Crippen MR) is 68.9 cm³/mol. The zero-order chi connectivity index (χ0) is 13.1. The maximum absolute atomic E-state index is 13.6. The molecule has 2 aromatic rings. The molecule has 0 bridgehead atoms.